The fraction of sp³-hybridized carbons (Fsp3) is 0.842. The Balaban J connectivity index is 1.41. The van der Waals surface area contributed by atoms with Gasteiger partial charge in [-0.1, -0.05) is 25.9 Å². The van der Waals surface area contributed by atoms with E-state index in [0.717, 1.165) is 63.7 Å². The van der Waals surface area contributed by atoms with Gasteiger partial charge in [-0.3, -0.25) is 4.79 Å². The van der Waals surface area contributed by atoms with E-state index >= 15 is 0 Å². The molecule has 25 heavy (non-hydrogen) atoms. The van der Waals surface area contributed by atoms with Gasteiger partial charge in [-0.15, -0.1) is 0 Å². The minimum atomic E-state index is 0.307. The molecule has 1 amide bonds. The molecule has 2 aliphatic heterocycles. The number of carbonyl (C=O) groups is 1. The molecule has 2 aliphatic rings. The molecule has 0 spiro atoms. The molecular weight excluding hydrogens is 316 g/mol. The molecule has 1 atom stereocenters. The highest BCUT2D eigenvalue weighted by molar-refractivity contribution is 5.76. The molecule has 0 aliphatic carbocycles. The Bertz CT molecular complexity index is 564. The largest absolute Gasteiger partial charge is 0.342 e. The van der Waals surface area contributed by atoms with E-state index in [9.17, 15) is 4.79 Å². The smallest absolute Gasteiger partial charge is 0.229 e. The molecule has 0 radical (unpaired) electrons. The zero-order valence-corrected chi connectivity index (χ0v) is 15.9. The molecular formula is C19H32N4O2. The molecule has 1 aromatic heterocycles. The van der Waals surface area contributed by atoms with Gasteiger partial charge in [0.15, 0.2) is 5.82 Å². The number of carbonyl (C=O) groups excluding carboxylic acids is 1. The lowest BCUT2D eigenvalue weighted by Gasteiger charge is -2.33. The first-order valence-corrected chi connectivity index (χ1v) is 9.86. The summed E-state index contributed by atoms with van der Waals surface area (Å²) in [6.45, 7) is 11.2. The van der Waals surface area contributed by atoms with Crippen LogP contribution in [0.4, 0.5) is 0 Å². The minimum absolute atomic E-state index is 0.307. The molecule has 0 saturated carbocycles. The molecule has 6 heteroatoms. The molecule has 0 aromatic carbocycles. The van der Waals surface area contributed by atoms with Crippen molar-refractivity contribution < 1.29 is 9.32 Å². The van der Waals surface area contributed by atoms with Crippen LogP contribution in [0, 0.1) is 5.92 Å². The first kappa shape index (κ1) is 18.4. The summed E-state index contributed by atoms with van der Waals surface area (Å²) in [5.74, 6) is 3.25. The number of likely N-dealkylation sites (tertiary alicyclic amines) is 2. The van der Waals surface area contributed by atoms with E-state index in [1.807, 2.05) is 0 Å². The van der Waals surface area contributed by atoms with E-state index in [-0.39, 0.29) is 0 Å². The van der Waals surface area contributed by atoms with E-state index in [1.54, 1.807) is 0 Å². The van der Waals surface area contributed by atoms with Crippen molar-refractivity contribution in [3.05, 3.63) is 11.7 Å². The van der Waals surface area contributed by atoms with Crippen molar-refractivity contribution in [2.24, 2.45) is 5.92 Å². The topological polar surface area (TPSA) is 62.5 Å². The van der Waals surface area contributed by atoms with Crippen LogP contribution in [-0.4, -0.2) is 58.6 Å². The summed E-state index contributed by atoms with van der Waals surface area (Å²) in [4.78, 5) is 21.4. The second-order valence-electron chi connectivity index (χ2n) is 8.10. The third-order valence-corrected chi connectivity index (χ3v) is 5.56. The van der Waals surface area contributed by atoms with Crippen LogP contribution in [0.3, 0.4) is 0 Å². The van der Waals surface area contributed by atoms with Crippen LogP contribution in [0.15, 0.2) is 4.52 Å². The minimum Gasteiger partial charge on any atom is -0.342 e. The summed E-state index contributed by atoms with van der Waals surface area (Å²) >= 11 is 0. The van der Waals surface area contributed by atoms with Crippen molar-refractivity contribution in [1.82, 2.24) is 19.9 Å². The maximum absolute atomic E-state index is 12.4. The lowest BCUT2D eigenvalue weighted by atomic mass is 9.96. The van der Waals surface area contributed by atoms with Gasteiger partial charge in [0.25, 0.3) is 0 Å². The van der Waals surface area contributed by atoms with Gasteiger partial charge in [-0.25, -0.2) is 0 Å². The van der Waals surface area contributed by atoms with E-state index in [0.29, 0.717) is 30.1 Å². The highest BCUT2D eigenvalue weighted by Gasteiger charge is 2.27. The van der Waals surface area contributed by atoms with E-state index in [4.69, 9.17) is 4.52 Å². The van der Waals surface area contributed by atoms with Gasteiger partial charge < -0.3 is 14.3 Å². The fourth-order valence-electron chi connectivity index (χ4n) is 3.88. The lowest BCUT2D eigenvalue weighted by Crippen LogP contribution is -2.41. The summed E-state index contributed by atoms with van der Waals surface area (Å²) in [6, 6.07) is 0. The molecule has 140 valence electrons. The Hall–Kier alpha value is -1.43. The molecule has 6 nitrogen and oxygen atoms in total. The van der Waals surface area contributed by atoms with Gasteiger partial charge in [0.2, 0.25) is 11.8 Å². The average molecular weight is 348 g/mol. The summed E-state index contributed by atoms with van der Waals surface area (Å²) in [5.41, 5.74) is 0. The number of hydrogen-bond acceptors (Lipinski definition) is 5. The van der Waals surface area contributed by atoms with Gasteiger partial charge >= 0.3 is 0 Å². The quantitative estimate of drug-likeness (QED) is 0.818. The second kappa shape index (κ2) is 8.30. The Kier molecular flexibility index (Phi) is 6.10. The number of aromatic nitrogens is 2. The van der Waals surface area contributed by atoms with Crippen molar-refractivity contribution in [2.45, 2.75) is 64.7 Å². The molecule has 2 fully saturated rings. The predicted octanol–water partition coefficient (Wildman–Crippen LogP) is 3.02. The van der Waals surface area contributed by atoms with Gasteiger partial charge in [0.05, 0.1) is 0 Å². The van der Waals surface area contributed by atoms with Gasteiger partial charge in [0.1, 0.15) is 0 Å². The number of rotatable bonds is 5. The van der Waals surface area contributed by atoms with E-state index in [2.05, 4.69) is 40.7 Å². The Morgan fingerprint density at radius 2 is 2.00 bits per heavy atom. The first-order valence-electron chi connectivity index (χ1n) is 9.86. The lowest BCUT2D eigenvalue weighted by molar-refractivity contribution is -0.133. The predicted molar refractivity (Wildman–Crippen MR) is 96.4 cm³/mol. The molecule has 2 saturated heterocycles. The molecule has 3 rings (SSSR count). The van der Waals surface area contributed by atoms with Crippen molar-refractivity contribution in [1.29, 1.82) is 0 Å². The third-order valence-electron chi connectivity index (χ3n) is 5.56. The van der Waals surface area contributed by atoms with Crippen LogP contribution < -0.4 is 0 Å². The van der Waals surface area contributed by atoms with Crippen molar-refractivity contribution in [3.8, 4) is 0 Å². The summed E-state index contributed by atoms with van der Waals surface area (Å²) in [7, 11) is 0. The van der Waals surface area contributed by atoms with Crippen LogP contribution in [0.2, 0.25) is 0 Å². The molecule has 0 unspecified atom stereocenters. The van der Waals surface area contributed by atoms with Crippen LogP contribution >= 0.6 is 0 Å². The number of nitrogens with zero attached hydrogens (tertiary/aromatic N) is 4. The van der Waals surface area contributed by atoms with Crippen molar-refractivity contribution >= 4 is 5.91 Å². The molecule has 3 heterocycles. The summed E-state index contributed by atoms with van der Waals surface area (Å²) in [5, 5.41) is 4.08. The van der Waals surface area contributed by atoms with E-state index < -0.39 is 0 Å². The molecule has 1 aromatic rings. The Morgan fingerprint density at radius 1 is 1.24 bits per heavy atom. The SMILES string of the molecule is CC(C)c1noc(C2CCN(CCC(=O)N3CCC[C@@H](C)C3)CC2)n1. The van der Waals surface area contributed by atoms with Crippen LogP contribution in [0.1, 0.15) is 76.4 Å². The first-order chi connectivity index (χ1) is 12.0. The number of hydrogen-bond donors (Lipinski definition) is 0. The van der Waals surface area contributed by atoms with Crippen molar-refractivity contribution in [2.75, 3.05) is 32.7 Å². The molecule has 0 bridgehead atoms. The van der Waals surface area contributed by atoms with Crippen LogP contribution in [0.25, 0.3) is 0 Å². The maximum Gasteiger partial charge on any atom is 0.229 e. The normalized spacial score (nSPS) is 23.4. The monoisotopic (exact) mass is 348 g/mol. The number of piperidine rings is 2. The summed E-state index contributed by atoms with van der Waals surface area (Å²) < 4.78 is 5.45. The van der Waals surface area contributed by atoms with E-state index in [1.165, 1.54) is 6.42 Å². The number of amides is 1. The third kappa shape index (κ3) is 4.81. The van der Waals surface area contributed by atoms with Gasteiger partial charge in [-0.05, 0) is 44.7 Å². The Morgan fingerprint density at radius 3 is 2.64 bits per heavy atom. The second-order valence-corrected chi connectivity index (χ2v) is 8.10. The summed E-state index contributed by atoms with van der Waals surface area (Å²) in [6.07, 6.45) is 5.13. The maximum atomic E-state index is 12.4. The highest BCUT2D eigenvalue weighted by atomic mass is 16.5. The Labute approximate surface area is 150 Å². The zero-order chi connectivity index (χ0) is 17.8. The average Bonchev–Trinajstić information content (AvgIpc) is 3.10. The standard InChI is InChI=1S/C19H32N4O2/c1-14(2)18-20-19(25-21-18)16-6-10-22(11-7-16)12-8-17(24)23-9-4-5-15(3)13-23/h14-16H,4-13H2,1-3H3/t15-/m1/s1. The highest BCUT2D eigenvalue weighted by Crippen LogP contribution is 2.27. The fourth-order valence-corrected chi connectivity index (χ4v) is 3.88. The zero-order valence-electron chi connectivity index (χ0n) is 15.9. The van der Waals surface area contributed by atoms with Gasteiger partial charge in [-0.2, -0.15) is 4.98 Å². The molecule has 0 N–H and O–H groups in total. The van der Waals surface area contributed by atoms with Crippen LogP contribution in [0.5, 0.6) is 0 Å². The van der Waals surface area contributed by atoms with Crippen LogP contribution in [-0.2, 0) is 4.79 Å². The van der Waals surface area contributed by atoms with Gasteiger partial charge in [0, 0.05) is 37.9 Å². The van der Waals surface area contributed by atoms with Crippen molar-refractivity contribution in [3.63, 3.8) is 0 Å².